The number of nitrogens with zero attached hydrogens (tertiary/aromatic N) is 5. The van der Waals surface area contributed by atoms with E-state index in [4.69, 9.17) is 25.2 Å². The van der Waals surface area contributed by atoms with Crippen molar-refractivity contribution < 1.29 is 9.47 Å². The number of anilines is 2. The Hall–Kier alpha value is -2.49. The molecule has 0 unspecified atom stereocenters. The van der Waals surface area contributed by atoms with Gasteiger partial charge >= 0.3 is 0 Å². The fourth-order valence-electron chi connectivity index (χ4n) is 4.34. The van der Waals surface area contributed by atoms with Crippen LogP contribution in [-0.4, -0.2) is 66.4 Å². The van der Waals surface area contributed by atoms with Crippen LogP contribution in [0.25, 0.3) is 21.5 Å². The first-order valence-corrected chi connectivity index (χ1v) is 11.6. The Labute approximate surface area is 186 Å². The standard InChI is InChI=1S/C22H28N6O2S/c1-14-16(13-27-5-3-4-6-27)19-20(31-14)18(15-11-17(23)21(29-2)24-12-15)25-22(26-19)28-7-9-30-10-8-28/h11-12H,3-10,13,23H2,1-2H3. The molecule has 0 saturated carbocycles. The zero-order valence-electron chi connectivity index (χ0n) is 18.1. The first-order chi connectivity index (χ1) is 15.1. The van der Waals surface area contributed by atoms with Crippen LogP contribution < -0.4 is 15.4 Å². The Morgan fingerprint density at radius 3 is 2.65 bits per heavy atom. The third-order valence-corrected chi connectivity index (χ3v) is 7.18. The number of likely N-dealkylation sites (tertiary alicyclic amines) is 1. The summed E-state index contributed by atoms with van der Waals surface area (Å²) in [7, 11) is 1.57. The van der Waals surface area contributed by atoms with Crippen molar-refractivity contribution in [1.82, 2.24) is 19.9 Å². The van der Waals surface area contributed by atoms with E-state index in [1.165, 1.54) is 23.3 Å². The number of nitrogens with two attached hydrogens (primary N) is 1. The molecule has 0 aliphatic carbocycles. The molecule has 3 aromatic heterocycles. The molecule has 0 atom stereocenters. The van der Waals surface area contributed by atoms with E-state index in [0.29, 0.717) is 24.8 Å². The van der Waals surface area contributed by atoms with Gasteiger partial charge in [-0.3, -0.25) is 4.90 Å². The average molecular weight is 441 g/mol. The van der Waals surface area contributed by atoms with Crippen molar-refractivity contribution in [3.8, 4) is 17.1 Å². The van der Waals surface area contributed by atoms with Gasteiger partial charge in [-0.05, 0) is 38.9 Å². The molecule has 0 radical (unpaired) electrons. The molecule has 2 saturated heterocycles. The number of rotatable bonds is 5. The maximum Gasteiger partial charge on any atom is 0.236 e. The molecule has 3 aromatic rings. The van der Waals surface area contributed by atoms with Gasteiger partial charge in [0.15, 0.2) is 0 Å². The minimum Gasteiger partial charge on any atom is -0.480 e. The summed E-state index contributed by atoms with van der Waals surface area (Å²) in [5, 5.41) is 0. The molecule has 2 aliphatic heterocycles. The van der Waals surface area contributed by atoms with Crippen LogP contribution in [0.4, 0.5) is 11.6 Å². The third-order valence-electron chi connectivity index (χ3n) is 6.04. The number of methoxy groups -OCH3 is 1. The second-order valence-electron chi connectivity index (χ2n) is 8.09. The largest absolute Gasteiger partial charge is 0.480 e. The summed E-state index contributed by atoms with van der Waals surface area (Å²) >= 11 is 1.76. The second-order valence-corrected chi connectivity index (χ2v) is 9.32. The Bertz CT molecular complexity index is 1090. The van der Waals surface area contributed by atoms with E-state index in [9.17, 15) is 0 Å². The maximum atomic E-state index is 6.18. The number of pyridine rings is 1. The summed E-state index contributed by atoms with van der Waals surface area (Å²) in [5.74, 6) is 1.18. The number of hydrogen-bond donors (Lipinski definition) is 1. The van der Waals surface area contributed by atoms with Gasteiger partial charge in [0, 0.05) is 41.8 Å². The van der Waals surface area contributed by atoms with Crippen LogP contribution in [-0.2, 0) is 11.3 Å². The number of ether oxygens (including phenoxy) is 2. The lowest BCUT2D eigenvalue weighted by Gasteiger charge is -2.27. The Balaban J connectivity index is 1.66. The van der Waals surface area contributed by atoms with Gasteiger partial charge in [-0.2, -0.15) is 0 Å². The van der Waals surface area contributed by atoms with Crippen LogP contribution in [0, 0.1) is 6.92 Å². The van der Waals surface area contributed by atoms with Gasteiger partial charge in [0.05, 0.1) is 41.9 Å². The highest BCUT2D eigenvalue weighted by atomic mass is 32.1. The minimum atomic E-state index is 0.430. The highest BCUT2D eigenvalue weighted by Gasteiger charge is 2.24. The topological polar surface area (TPSA) is 89.6 Å². The highest BCUT2D eigenvalue weighted by Crippen LogP contribution is 2.39. The van der Waals surface area contributed by atoms with Crippen molar-refractivity contribution in [2.24, 2.45) is 0 Å². The summed E-state index contributed by atoms with van der Waals surface area (Å²) in [5.41, 5.74) is 10.8. The summed E-state index contributed by atoms with van der Waals surface area (Å²) in [6.45, 7) is 8.41. The van der Waals surface area contributed by atoms with E-state index in [1.54, 1.807) is 24.6 Å². The molecule has 31 heavy (non-hydrogen) atoms. The fraction of sp³-hybridized carbons (Fsp3) is 0.500. The molecule has 0 aromatic carbocycles. The first-order valence-electron chi connectivity index (χ1n) is 10.8. The van der Waals surface area contributed by atoms with Crippen molar-refractivity contribution in [3.05, 3.63) is 22.7 Å². The minimum absolute atomic E-state index is 0.430. The Kier molecular flexibility index (Phi) is 5.64. The van der Waals surface area contributed by atoms with Crippen LogP contribution in [0.3, 0.4) is 0 Å². The van der Waals surface area contributed by atoms with Crippen molar-refractivity contribution >= 4 is 33.2 Å². The van der Waals surface area contributed by atoms with E-state index in [1.807, 2.05) is 6.07 Å². The number of morpholine rings is 1. The van der Waals surface area contributed by atoms with Gasteiger partial charge in [-0.1, -0.05) is 0 Å². The van der Waals surface area contributed by atoms with E-state index in [-0.39, 0.29) is 0 Å². The number of hydrogen-bond acceptors (Lipinski definition) is 9. The molecule has 2 fully saturated rings. The first kappa shape index (κ1) is 20.4. The molecule has 9 heteroatoms. The van der Waals surface area contributed by atoms with Gasteiger partial charge in [-0.25, -0.2) is 15.0 Å². The zero-order chi connectivity index (χ0) is 21.4. The fourth-order valence-corrected chi connectivity index (χ4v) is 5.46. The number of fused-ring (bicyclic) bond motifs is 1. The monoisotopic (exact) mass is 440 g/mol. The highest BCUT2D eigenvalue weighted by molar-refractivity contribution is 7.19. The molecule has 164 valence electrons. The zero-order valence-corrected chi connectivity index (χ0v) is 18.9. The molecule has 0 amide bonds. The lowest BCUT2D eigenvalue weighted by atomic mass is 10.1. The van der Waals surface area contributed by atoms with Crippen molar-refractivity contribution in [2.45, 2.75) is 26.3 Å². The normalized spacial score (nSPS) is 17.5. The van der Waals surface area contributed by atoms with Gasteiger partial charge in [0.1, 0.15) is 0 Å². The van der Waals surface area contributed by atoms with E-state index in [2.05, 4.69) is 21.7 Å². The van der Waals surface area contributed by atoms with Crippen molar-refractivity contribution in [3.63, 3.8) is 0 Å². The molecule has 2 aliphatic rings. The van der Waals surface area contributed by atoms with Gasteiger partial charge in [0.25, 0.3) is 0 Å². The Morgan fingerprint density at radius 1 is 1.16 bits per heavy atom. The van der Waals surface area contributed by atoms with Crippen LogP contribution in [0.1, 0.15) is 23.3 Å². The quantitative estimate of drug-likeness (QED) is 0.647. The van der Waals surface area contributed by atoms with Crippen LogP contribution in [0.5, 0.6) is 5.88 Å². The number of aryl methyl sites for hydroxylation is 1. The number of nitrogen functional groups attached to an aromatic ring is 1. The molecule has 5 rings (SSSR count). The molecule has 5 heterocycles. The third kappa shape index (κ3) is 3.93. The molecule has 0 spiro atoms. The van der Waals surface area contributed by atoms with Crippen LogP contribution >= 0.6 is 11.3 Å². The predicted molar refractivity (Wildman–Crippen MR) is 124 cm³/mol. The summed E-state index contributed by atoms with van der Waals surface area (Å²) in [4.78, 5) is 20.5. The smallest absolute Gasteiger partial charge is 0.236 e. The van der Waals surface area contributed by atoms with Crippen molar-refractivity contribution in [2.75, 3.05) is 57.1 Å². The molecular formula is C22H28N6O2S. The second kappa shape index (κ2) is 8.57. The van der Waals surface area contributed by atoms with Gasteiger partial charge < -0.3 is 20.1 Å². The van der Waals surface area contributed by atoms with E-state index < -0.39 is 0 Å². The van der Waals surface area contributed by atoms with Crippen LogP contribution in [0.15, 0.2) is 12.3 Å². The predicted octanol–water partition coefficient (Wildman–Crippen LogP) is 3.08. The molecule has 2 N–H and O–H groups in total. The summed E-state index contributed by atoms with van der Waals surface area (Å²) in [6.07, 6.45) is 4.34. The summed E-state index contributed by atoms with van der Waals surface area (Å²) in [6, 6.07) is 1.89. The van der Waals surface area contributed by atoms with Crippen LogP contribution in [0.2, 0.25) is 0 Å². The average Bonchev–Trinajstić information content (AvgIpc) is 3.42. The molecule has 8 nitrogen and oxygen atoms in total. The SMILES string of the molecule is COc1ncc(-c2nc(N3CCOCC3)nc3c(CN4CCCC4)c(C)sc23)cc1N. The lowest BCUT2D eigenvalue weighted by Crippen LogP contribution is -2.37. The maximum absolute atomic E-state index is 6.18. The number of thiophene rings is 1. The van der Waals surface area contributed by atoms with Crippen molar-refractivity contribution in [1.29, 1.82) is 0 Å². The lowest BCUT2D eigenvalue weighted by molar-refractivity contribution is 0.122. The summed E-state index contributed by atoms with van der Waals surface area (Å²) < 4.78 is 11.9. The van der Waals surface area contributed by atoms with E-state index in [0.717, 1.165) is 60.1 Å². The molecule has 0 bridgehead atoms. The Morgan fingerprint density at radius 2 is 1.94 bits per heavy atom. The van der Waals surface area contributed by atoms with Gasteiger partial charge in [-0.15, -0.1) is 11.3 Å². The van der Waals surface area contributed by atoms with E-state index >= 15 is 0 Å². The number of aromatic nitrogens is 3. The van der Waals surface area contributed by atoms with Gasteiger partial charge in [0.2, 0.25) is 11.8 Å². The molecular weight excluding hydrogens is 412 g/mol.